The molecule has 0 aliphatic heterocycles. The van der Waals surface area contributed by atoms with Gasteiger partial charge in [-0.2, -0.15) is 5.10 Å². The van der Waals surface area contributed by atoms with Gasteiger partial charge in [0.1, 0.15) is 17.0 Å². The number of ether oxygens (including phenoxy) is 1. The van der Waals surface area contributed by atoms with Crippen molar-refractivity contribution in [3.63, 3.8) is 0 Å². The van der Waals surface area contributed by atoms with Crippen LogP contribution in [-0.2, 0) is 10.0 Å². The molecule has 0 bridgehead atoms. The lowest BCUT2D eigenvalue weighted by Crippen LogP contribution is -2.18. The van der Waals surface area contributed by atoms with Gasteiger partial charge in [-0.05, 0) is 18.2 Å². The summed E-state index contributed by atoms with van der Waals surface area (Å²) < 4.78 is 77.8. The second-order valence-corrected chi connectivity index (χ2v) is 9.00. The predicted molar refractivity (Wildman–Crippen MR) is 119 cm³/mol. The number of rotatable bonds is 6. The zero-order valence-electron chi connectivity index (χ0n) is 17.8. The van der Waals surface area contributed by atoms with Gasteiger partial charge >= 0.3 is 0 Å². The van der Waals surface area contributed by atoms with E-state index in [0.29, 0.717) is 0 Å². The summed E-state index contributed by atoms with van der Waals surface area (Å²) in [5, 5.41) is 8.26. The van der Waals surface area contributed by atoms with Crippen molar-refractivity contribution in [2.75, 3.05) is 18.9 Å². The highest BCUT2D eigenvalue weighted by Gasteiger charge is 2.27. The summed E-state index contributed by atoms with van der Waals surface area (Å²) in [5.41, 5.74) is -2.93. The first-order valence-corrected chi connectivity index (χ1v) is 11.4. The van der Waals surface area contributed by atoms with Crippen molar-refractivity contribution in [2.45, 2.75) is 4.90 Å². The third-order valence-electron chi connectivity index (χ3n) is 4.84. The molecular weight excluding hydrogens is 513 g/mol. The van der Waals surface area contributed by atoms with Crippen molar-refractivity contribution in [1.29, 1.82) is 0 Å². The number of halogens is 4. The van der Waals surface area contributed by atoms with Crippen molar-refractivity contribution < 1.29 is 31.1 Å². The molecule has 4 rings (SSSR count). The van der Waals surface area contributed by atoms with Crippen LogP contribution in [0.1, 0.15) is 10.5 Å². The molecule has 4 aromatic rings. The molecule has 1 amide bonds. The summed E-state index contributed by atoms with van der Waals surface area (Å²) in [6.45, 7) is 0. The number of H-pyrrole nitrogens is 1. The number of carbonyl (C=O) groups is 1. The zero-order chi connectivity index (χ0) is 25.5. The molecule has 182 valence electrons. The maximum atomic E-state index is 15.4. The third-order valence-corrected chi connectivity index (χ3v) is 6.40. The predicted octanol–water partition coefficient (Wildman–Crippen LogP) is 3.26. The molecule has 3 heterocycles. The third kappa shape index (κ3) is 4.21. The molecule has 0 radical (unpaired) electrons. The van der Waals surface area contributed by atoms with Crippen LogP contribution < -0.4 is 14.8 Å². The van der Waals surface area contributed by atoms with E-state index in [1.54, 1.807) is 0 Å². The SMILES string of the molecule is CNC(=O)c1n[nH]c2c(F)c(-c3c(F)ccc(NS(=O)(=O)c4cc(Cl)cnc4OC)c3F)ncc12. The monoisotopic (exact) mass is 526 g/mol. The van der Waals surface area contributed by atoms with E-state index in [1.165, 1.54) is 14.2 Å². The Bertz CT molecular complexity index is 1600. The number of pyridine rings is 2. The van der Waals surface area contributed by atoms with Gasteiger partial charge in [-0.25, -0.2) is 26.6 Å². The minimum atomic E-state index is -4.53. The van der Waals surface area contributed by atoms with Crippen LogP contribution in [0.15, 0.2) is 35.5 Å². The number of amides is 1. The number of aromatic nitrogens is 4. The fraction of sp³-hybridized carbons (Fsp3) is 0.100. The smallest absolute Gasteiger partial charge is 0.272 e. The largest absolute Gasteiger partial charge is 0.480 e. The van der Waals surface area contributed by atoms with Gasteiger partial charge in [0.15, 0.2) is 22.2 Å². The standard InChI is InChI=1S/C20H14ClF3N6O4S/c1-25-19(31)17-9-7-26-18(15(24)16(9)28-29-17)13-10(22)3-4-11(14(13)23)30-35(32,33)12-5-8(21)6-27-20(12)34-2/h3-7,30H,1-2H3,(H,25,31)(H,28,29). The lowest BCUT2D eigenvalue weighted by molar-refractivity contribution is 0.0959. The fourth-order valence-corrected chi connectivity index (χ4v) is 4.64. The molecule has 3 aromatic heterocycles. The number of sulfonamides is 1. The van der Waals surface area contributed by atoms with Gasteiger partial charge in [0.25, 0.3) is 15.9 Å². The molecule has 0 spiro atoms. The van der Waals surface area contributed by atoms with E-state index in [-0.39, 0.29) is 27.5 Å². The van der Waals surface area contributed by atoms with E-state index in [4.69, 9.17) is 16.3 Å². The number of benzene rings is 1. The van der Waals surface area contributed by atoms with Crippen molar-refractivity contribution in [3.8, 4) is 17.1 Å². The first-order valence-electron chi connectivity index (χ1n) is 9.54. The van der Waals surface area contributed by atoms with Crippen LogP contribution >= 0.6 is 11.6 Å². The minimum absolute atomic E-state index is 0.0242. The van der Waals surface area contributed by atoms with Crippen molar-refractivity contribution in [2.24, 2.45) is 0 Å². The molecule has 0 unspecified atom stereocenters. The molecule has 3 N–H and O–H groups in total. The number of anilines is 1. The number of nitrogens with one attached hydrogen (secondary N) is 3. The average Bonchev–Trinajstić information content (AvgIpc) is 3.27. The number of methoxy groups -OCH3 is 1. The molecule has 0 saturated carbocycles. The summed E-state index contributed by atoms with van der Waals surface area (Å²) in [4.78, 5) is 18.9. The zero-order valence-corrected chi connectivity index (χ0v) is 19.4. The highest BCUT2D eigenvalue weighted by atomic mass is 35.5. The van der Waals surface area contributed by atoms with Crippen LogP contribution in [0.2, 0.25) is 5.02 Å². The number of hydrogen-bond donors (Lipinski definition) is 3. The Labute approximate surface area is 200 Å². The van der Waals surface area contributed by atoms with Crippen LogP contribution in [0.25, 0.3) is 22.2 Å². The highest BCUT2D eigenvalue weighted by Crippen LogP contribution is 2.35. The van der Waals surface area contributed by atoms with Crippen LogP contribution in [0.5, 0.6) is 5.88 Å². The first-order chi connectivity index (χ1) is 16.6. The maximum Gasteiger partial charge on any atom is 0.272 e. The molecular formula is C20H14ClF3N6O4S. The number of nitrogens with zero attached hydrogens (tertiary/aromatic N) is 3. The Hall–Kier alpha value is -3.91. The molecule has 0 aliphatic carbocycles. The molecule has 0 aliphatic rings. The Morgan fingerprint density at radius 1 is 1.14 bits per heavy atom. The van der Waals surface area contributed by atoms with E-state index in [2.05, 4.69) is 25.5 Å². The molecule has 35 heavy (non-hydrogen) atoms. The van der Waals surface area contributed by atoms with Gasteiger partial charge in [0, 0.05) is 19.4 Å². The molecule has 0 saturated heterocycles. The van der Waals surface area contributed by atoms with Gasteiger partial charge in [0.05, 0.1) is 28.8 Å². The van der Waals surface area contributed by atoms with E-state index in [0.717, 1.165) is 30.6 Å². The van der Waals surface area contributed by atoms with E-state index < -0.39 is 55.2 Å². The Morgan fingerprint density at radius 2 is 1.89 bits per heavy atom. The topological polar surface area (TPSA) is 139 Å². The maximum absolute atomic E-state index is 15.4. The molecule has 1 aromatic carbocycles. The molecule has 0 fully saturated rings. The molecule has 15 heteroatoms. The number of aromatic amines is 1. The molecule has 10 nitrogen and oxygen atoms in total. The highest BCUT2D eigenvalue weighted by molar-refractivity contribution is 7.92. The second-order valence-electron chi connectivity index (χ2n) is 6.91. The van der Waals surface area contributed by atoms with Crippen LogP contribution in [0.3, 0.4) is 0 Å². The number of fused-ring (bicyclic) bond motifs is 1. The van der Waals surface area contributed by atoms with E-state index in [9.17, 15) is 17.6 Å². The minimum Gasteiger partial charge on any atom is -0.480 e. The van der Waals surface area contributed by atoms with E-state index >= 15 is 8.78 Å². The van der Waals surface area contributed by atoms with Gasteiger partial charge in [-0.3, -0.25) is 19.6 Å². The first kappa shape index (κ1) is 24.2. The Kier molecular flexibility index (Phi) is 6.25. The van der Waals surface area contributed by atoms with Gasteiger partial charge < -0.3 is 10.1 Å². The lowest BCUT2D eigenvalue weighted by atomic mass is 10.1. The Balaban J connectivity index is 1.82. The van der Waals surface area contributed by atoms with E-state index in [1.807, 2.05) is 4.72 Å². The summed E-state index contributed by atoms with van der Waals surface area (Å²) in [6, 6.07) is 2.57. The van der Waals surface area contributed by atoms with Crippen molar-refractivity contribution >= 4 is 44.1 Å². The quantitative estimate of drug-likeness (QED) is 0.350. The van der Waals surface area contributed by atoms with Crippen molar-refractivity contribution in [1.82, 2.24) is 25.5 Å². The number of carbonyl (C=O) groups excluding carboxylic acids is 1. The molecule has 0 atom stereocenters. The number of hydrogen-bond acceptors (Lipinski definition) is 7. The van der Waals surface area contributed by atoms with Gasteiger partial charge in [-0.1, -0.05) is 11.6 Å². The normalized spacial score (nSPS) is 11.5. The summed E-state index contributed by atoms with van der Waals surface area (Å²) in [7, 11) is -2.02. The summed E-state index contributed by atoms with van der Waals surface area (Å²) in [5.74, 6) is -4.83. The van der Waals surface area contributed by atoms with Gasteiger partial charge in [0.2, 0.25) is 5.88 Å². The van der Waals surface area contributed by atoms with Crippen LogP contribution in [-0.4, -0.2) is 48.6 Å². The van der Waals surface area contributed by atoms with Crippen LogP contribution in [0, 0.1) is 17.5 Å². The second kappa shape index (κ2) is 9.03. The average molecular weight is 527 g/mol. The van der Waals surface area contributed by atoms with Gasteiger partial charge in [-0.15, -0.1) is 0 Å². The lowest BCUT2D eigenvalue weighted by Gasteiger charge is -2.14. The van der Waals surface area contributed by atoms with Crippen molar-refractivity contribution in [3.05, 3.63) is 58.8 Å². The van der Waals surface area contributed by atoms with Crippen LogP contribution in [0.4, 0.5) is 18.9 Å². The summed E-state index contributed by atoms with van der Waals surface area (Å²) in [6.07, 6.45) is 2.16. The summed E-state index contributed by atoms with van der Waals surface area (Å²) >= 11 is 5.82. The Morgan fingerprint density at radius 3 is 2.57 bits per heavy atom. The fourth-order valence-electron chi connectivity index (χ4n) is 3.22.